The Morgan fingerprint density at radius 2 is 1.89 bits per heavy atom. The lowest BCUT2D eigenvalue weighted by molar-refractivity contribution is -0.130. The number of ketones is 2. The summed E-state index contributed by atoms with van der Waals surface area (Å²) in [6.07, 6.45) is -0.803. The number of nitrogens with zero attached hydrogens (tertiary/aromatic N) is 1. The van der Waals surface area contributed by atoms with Gasteiger partial charge in [0.15, 0.2) is 11.6 Å². The first-order valence-corrected chi connectivity index (χ1v) is 8.47. The van der Waals surface area contributed by atoms with Crippen LogP contribution in [0.25, 0.3) is 5.76 Å². The molecule has 0 spiro atoms. The summed E-state index contributed by atoms with van der Waals surface area (Å²) in [5, 5.41) is 6.94. The van der Waals surface area contributed by atoms with Crippen LogP contribution < -0.4 is 0 Å². The van der Waals surface area contributed by atoms with E-state index in [0.717, 1.165) is 12.1 Å². The molecule has 9 heteroatoms. The lowest BCUT2D eigenvalue weighted by Crippen LogP contribution is -2.35. The van der Waals surface area contributed by atoms with Crippen molar-refractivity contribution in [3.05, 3.63) is 34.7 Å². The molecule has 1 aliphatic carbocycles. The molecule has 1 N–H and O–H groups in total. The number of carbonyl (C=O) groups is 2. The molecule has 0 bridgehead atoms. The second-order valence-electron chi connectivity index (χ2n) is 6.79. The van der Waals surface area contributed by atoms with Crippen molar-refractivity contribution in [3.8, 4) is 0 Å². The Balaban J connectivity index is 2.72. The van der Waals surface area contributed by atoms with Crippen molar-refractivity contribution in [1.82, 2.24) is 4.98 Å². The van der Waals surface area contributed by atoms with Gasteiger partial charge in [0.2, 0.25) is 6.29 Å². The predicted octanol–water partition coefficient (Wildman–Crippen LogP) is 3.89. The summed E-state index contributed by atoms with van der Waals surface area (Å²) in [5.74, 6) is -1.70. The van der Waals surface area contributed by atoms with E-state index < -0.39 is 40.1 Å². The molecule has 0 aliphatic heterocycles. The van der Waals surface area contributed by atoms with Gasteiger partial charge >= 0.3 is 5.38 Å². The third kappa shape index (κ3) is 4.17. The molecular formula is C18H20ClF2NO5. The van der Waals surface area contributed by atoms with Crippen LogP contribution in [0.3, 0.4) is 0 Å². The van der Waals surface area contributed by atoms with Crippen LogP contribution in [0.15, 0.2) is 17.7 Å². The zero-order valence-corrected chi connectivity index (χ0v) is 16.1. The average Bonchev–Trinajstić information content (AvgIpc) is 2.59. The van der Waals surface area contributed by atoms with Gasteiger partial charge in [0.1, 0.15) is 22.7 Å². The van der Waals surface area contributed by atoms with Crippen LogP contribution in [0.1, 0.15) is 49.9 Å². The monoisotopic (exact) mass is 403 g/mol. The van der Waals surface area contributed by atoms with E-state index in [0.29, 0.717) is 6.42 Å². The summed E-state index contributed by atoms with van der Waals surface area (Å²) in [5.41, 5.74) is -2.36. The van der Waals surface area contributed by atoms with Gasteiger partial charge in [-0.15, -0.1) is 0 Å². The fraction of sp³-hybridized carbons (Fsp3) is 0.500. The van der Waals surface area contributed by atoms with Crippen molar-refractivity contribution in [2.75, 3.05) is 14.2 Å². The number of aliphatic hydroxyl groups is 1. The molecule has 0 saturated heterocycles. The number of hydrogen-bond donors (Lipinski definition) is 1. The van der Waals surface area contributed by atoms with E-state index in [1.54, 1.807) is 13.8 Å². The lowest BCUT2D eigenvalue weighted by Gasteiger charge is -2.29. The number of alkyl halides is 3. The highest BCUT2D eigenvalue weighted by atomic mass is 35.5. The number of aromatic nitrogens is 1. The Labute approximate surface area is 160 Å². The van der Waals surface area contributed by atoms with Crippen molar-refractivity contribution in [1.29, 1.82) is 0 Å². The summed E-state index contributed by atoms with van der Waals surface area (Å²) >= 11 is 5.03. The number of pyridine rings is 1. The average molecular weight is 404 g/mol. The van der Waals surface area contributed by atoms with Crippen molar-refractivity contribution in [3.63, 3.8) is 0 Å². The first-order valence-electron chi connectivity index (χ1n) is 8.09. The van der Waals surface area contributed by atoms with Crippen LogP contribution in [0.4, 0.5) is 8.78 Å². The maximum atomic E-state index is 13.5. The minimum absolute atomic E-state index is 0.0801. The summed E-state index contributed by atoms with van der Waals surface area (Å²) in [7, 11) is 2.49. The molecule has 2 rings (SSSR count). The molecular weight excluding hydrogens is 384 g/mol. The highest BCUT2D eigenvalue weighted by molar-refractivity contribution is 6.27. The van der Waals surface area contributed by atoms with Gasteiger partial charge in [-0.1, -0.05) is 13.8 Å². The quantitative estimate of drug-likeness (QED) is 0.264. The summed E-state index contributed by atoms with van der Waals surface area (Å²) in [6.45, 7) is 3.33. The highest BCUT2D eigenvalue weighted by Crippen LogP contribution is 2.38. The van der Waals surface area contributed by atoms with E-state index >= 15 is 0 Å². The van der Waals surface area contributed by atoms with Crippen molar-refractivity contribution >= 4 is 28.9 Å². The first kappa shape index (κ1) is 21.4. The maximum Gasteiger partial charge on any atom is 0.364 e. The van der Waals surface area contributed by atoms with Gasteiger partial charge < -0.3 is 14.6 Å². The number of carbonyl (C=O) groups excluding carboxylic acids is 2. The third-order valence-corrected chi connectivity index (χ3v) is 4.65. The van der Waals surface area contributed by atoms with E-state index in [1.807, 2.05) is 0 Å². The molecule has 0 radical (unpaired) electrons. The van der Waals surface area contributed by atoms with Crippen molar-refractivity contribution < 1.29 is 33.0 Å². The molecule has 1 aliphatic rings. The largest absolute Gasteiger partial charge is 0.506 e. The minimum Gasteiger partial charge on any atom is -0.506 e. The van der Waals surface area contributed by atoms with Crippen LogP contribution in [0.5, 0.6) is 0 Å². The molecule has 6 nitrogen and oxygen atoms in total. The summed E-state index contributed by atoms with van der Waals surface area (Å²) in [6, 6.07) is 2.00. The van der Waals surface area contributed by atoms with Gasteiger partial charge in [0, 0.05) is 31.6 Å². The molecule has 1 heterocycles. The Morgan fingerprint density at radius 1 is 1.30 bits per heavy atom. The molecule has 1 fully saturated rings. The molecule has 0 unspecified atom stereocenters. The molecule has 1 aromatic rings. The van der Waals surface area contributed by atoms with Gasteiger partial charge in [-0.2, -0.15) is 8.78 Å². The Hall–Kier alpha value is -1.90. The zero-order valence-electron chi connectivity index (χ0n) is 15.3. The van der Waals surface area contributed by atoms with Crippen LogP contribution in [-0.4, -0.2) is 35.9 Å². The molecule has 0 aromatic carbocycles. The molecule has 0 amide bonds. The van der Waals surface area contributed by atoms with Gasteiger partial charge in [-0.25, -0.2) is 4.98 Å². The van der Waals surface area contributed by atoms with Crippen molar-refractivity contribution in [2.45, 2.75) is 38.4 Å². The number of allylic oxidation sites excluding steroid dienone is 1. The number of halogens is 3. The van der Waals surface area contributed by atoms with E-state index in [1.165, 1.54) is 14.2 Å². The van der Waals surface area contributed by atoms with E-state index in [4.69, 9.17) is 21.1 Å². The molecule has 1 saturated carbocycles. The van der Waals surface area contributed by atoms with E-state index in [9.17, 15) is 23.5 Å². The standard InChI is InChI=1S/C18H20ClF2NO5/c1-17(2)8-7-10(23)12(15(17)25)14(24)9-5-6-11(18(19,20)21)22-13(9)16(26-3)27-4/h5-6,16,24H,7-8H2,1-4H3. The molecule has 1 aromatic heterocycles. The Kier molecular flexibility index (Phi) is 6.03. The van der Waals surface area contributed by atoms with Gasteiger partial charge in [-0.3, -0.25) is 9.59 Å². The number of hydrogen-bond acceptors (Lipinski definition) is 6. The lowest BCUT2D eigenvalue weighted by atomic mass is 9.72. The fourth-order valence-corrected chi connectivity index (χ4v) is 2.94. The van der Waals surface area contributed by atoms with Gasteiger partial charge in [-0.05, 0) is 30.2 Å². The van der Waals surface area contributed by atoms with E-state index in [2.05, 4.69) is 4.98 Å². The number of ether oxygens (including phenoxy) is 2. The second kappa shape index (κ2) is 7.61. The van der Waals surface area contributed by atoms with Crippen LogP contribution in [0.2, 0.25) is 0 Å². The maximum absolute atomic E-state index is 13.5. The fourth-order valence-electron chi connectivity index (χ4n) is 2.84. The van der Waals surface area contributed by atoms with Gasteiger partial charge in [0.05, 0.1) is 0 Å². The van der Waals surface area contributed by atoms with Crippen LogP contribution in [-0.2, 0) is 24.4 Å². The normalized spacial score (nSPS) is 19.6. The minimum atomic E-state index is -3.76. The smallest absolute Gasteiger partial charge is 0.364 e. The molecule has 0 atom stereocenters. The summed E-state index contributed by atoms with van der Waals surface area (Å²) in [4.78, 5) is 28.7. The Morgan fingerprint density at radius 3 is 2.41 bits per heavy atom. The van der Waals surface area contributed by atoms with Crippen LogP contribution >= 0.6 is 11.6 Å². The number of aliphatic hydroxyl groups excluding tert-OH is 1. The number of Topliss-reactive ketones (excluding diaryl/α,β-unsaturated/α-hetero) is 2. The number of methoxy groups -OCH3 is 2. The highest BCUT2D eigenvalue weighted by Gasteiger charge is 2.41. The van der Waals surface area contributed by atoms with E-state index in [-0.39, 0.29) is 23.3 Å². The SMILES string of the molecule is COC(OC)c1nc(C(F)(F)Cl)ccc1C(O)=C1C(=O)CCC(C)(C)C1=O. The molecule has 148 valence electrons. The predicted molar refractivity (Wildman–Crippen MR) is 93.3 cm³/mol. The van der Waals surface area contributed by atoms with Gasteiger partial charge in [0.25, 0.3) is 0 Å². The first-order chi connectivity index (χ1) is 12.4. The topological polar surface area (TPSA) is 85.7 Å². The van der Waals surface area contributed by atoms with Crippen molar-refractivity contribution in [2.24, 2.45) is 5.41 Å². The number of rotatable bonds is 5. The Bertz CT molecular complexity index is 797. The second-order valence-corrected chi connectivity index (χ2v) is 7.26. The third-order valence-electron chi connectivity index (χ3n) is 4.46. The molecule has 27 heavy (non-hydrogen) atoms. The zero-order chi connectivity index (χ0) is 20.6. The summed E-state index contributed by atoms with van der Waals surface area (Å²) < 4.78 is 37.0. The van der Waals surface area contributed by atoms with Crippen LogP contribution in [0, 0.1) is 5.41 Å².